The minimum absolute atomic E-state index is 0. The first-order valence-electron chi connectivity index (χ1n) is 3.60. The zero-order valence-electron chi connectivity index (χ0n) is 8.11. The van der Waals surface area contributed by atoms with Crippen molar-refractivity contribution in [2.75, 3.05) is 0 Å². The monoisotopic (exact) mass is 280 g/mol. The molecule has 0 fully saturated rings. The maximum absolute atomic E-state index is 10.6. The van der Waals surface area contributed by atoms with Gasteiger partial charge in [0.1, 0.15) is 5.56 Å². The van der Waals surface area contributed by atoms with Crippen LogP contribution in [0.4, 0.5) is 11.4 Å². The zero-order valence-corrected chi connectivity index (χ0v) is 10.1. The van der Waals surface area contributed by atoms with Gasteiger partial charge in [0, 0.05) is 6.07 Å². The molecule has 17 heavy (non-hydrogen) atoms. The van der Waals surface area contributed by atoms with Crippen LogP contribution in [-0.2, 0) is 0 Å². The van der Waals surface area contributed by atoms with Gasteiger partial charge in [0.2, 0.25) is 0 Å². The Labute approximate surface area is 108 Å². The molecule has 0 aromatic heterocycles. The predicted molar refractivity (Wildman–Crippen MR) is 67.5 cm³/mol. The largest absolute Gasteiger partial charge is 0.477 e. The van der Waals surface area contributed by atoms with Crippen molar-refractivity contribution in [1.29, 1.82) is 0 Å². The van der Waals surface area contributed by atoms with Crippen molar-refractivity contribution in [3.8, 4) is 0 Å². The highest BCUT2D eigenvalue weighted by Crippen LogP contribution is 2.30. The lowest BCUT2D eigenvalue weighted by Crippen LogP contribution is -2.05. The molecule has 0 unspecified atom stereocenters. The number of nitro groups is 2. The Morgan fingerprint density at radius 1 is 1.12 bits per heavy atom. The number of aromatic carboxylic acids is 1. The van der Waals surface area contributed by atoms with Crippen LogP contribution >= 0.6 is 27.0 Å². The summed E-state index contributed by atoms with van der Waals surface area (Å²) < 4.78 is 0. The molecule has 94 valence electrons. The molecule has 0 spiro atoms. The molecule has 0 heterocycles. The van der Waals surface area contributed by atoms with Gasteiger partial charge in [0.05, 0.1) is 9.85 Å². The molecule has 1 aromatic rings. The van der Waals surface area contributed by atoms with E-state index >= 15 is 0 Å². The molecule has 0 saturated carbocycles. The van der Waals surface area contributed by atoms with Gasteiger partial charge in [-0.05, 0) is 6.07 Å². The highest BCUT2D eigenvalue weighted by molar-refractivity contribution is 7.59. The average Bonchev–Trinajstić information content (AvgIpc) is 2.16. The molecule has 1 rings (SSSR count). The topological polar surface area (TPSA) is 124 Å². The summed E-state index contributed by atoms with van der Waals surface area (Å²) in [4.78, 5) is 29.4. The Kier molecular flexibility index (Phi) is 6.93. The molecule has 0 aliphatic carbocycles. The number of rotatable bonds is 3. The van der Waals surface area contributed by atoms with Gasteiger partial charge in [0.25, 0.3) is 0 Å². The first-order valence-corrected chi connectivity index (χ1v) is 3.60. The van der Waals surface area contributed by atoms with Crippen molar-refractivity contribution in [1.82, 2.24) is 0 Å². The van der Waals surface area contributed by atoms with Gasteiger partial charge in [0.15, 0.2) is 0 Å². The van der Waals surface area contributed by atoms with E-state index in [4.69, 9.17) is 5.11 Å². The van der Waals surface area contributed by atoms with Crippen LogP contribution in [0.5, 0.6) is 0 Å². The van der Waals surface area contributed by atoms with Gasteiger partial charge < -0.3 is 5.11 Å². The molecule has 0 amide bonds. The minimum atomic E-state index is -1.58. The molecule has 1 N–H and O–H groups in total. The van der Waals surface area contributed by atoms with Crippen molar-refractivity contribution in [3.63, 3.8) is 0 Å². The van der Waals surface area contributed by atoms with Crippen molar-refractivity contribution in [3.05, 3.63) is 44.0 Å². The van der Waals surface area contributed by atoms with Gasteiger partial charge >= 0.3 is 17.3 Å². The Bertz CT molecular complexity index is 431. The molecule has 1 aromatic carbocycles. The van der Waals surface area contributed by atoms with Crippen LogP contribution in [0.25, 0.3) is 0 Å². The van der Waals surface area contributed by atoms with Gasteiger partial charge in [-0.2, -0.15) is 27.0 Å². The van der Waals surface area contributed by atoms with E-state index in [1.165, 1.54) is 0 Å². The second kappa shape index (κ2) is 6.70. The number of benzene rings is 1. The van der Waals surface area contributed by atoms with E-state index in [-0.39, 0.29) is 27.0 Å². The third-order valence-electron chi connectivity index (χ3n) is 1.62. The number of carboxylic acids is 1. The lowest BCUT2D eigenvalue weighted by atomic mass is 10.1. The van der Waals surface area contributed by atoms with E-state index in [2.05, 4.69) is 0 Å². The minimum Gasteiger partial charge on any atom is -0.477 e. The molecule has 0 radical (unpaired) electrons. The first-order chi connectivity index (χ1) is 6.95. The van der Waals surface area contributed by atoms with E-state index in [1.54, 1.807) is 0 Å². The summed E-state index contributed by atoms with van der Waals surface area (Å²) in [7, 11) is 0. The number of nitro benzene ring substituents is 2. The highest BCUT2D eigenvalue weighted by Gasteiger charge is 2.31. The number of para-hydroxylation sites is 1. The number of carbonyl (C=O) groups is 1. The molecule has 0 bridgehead atoms. The molecule has 0 atom stereocenters. The SMILES string of the molecule is O=C(O)c1cccc([N+](=O)[O-])c1[N+](=O)[O-].S.S. The molecule has 0 aliphatic rings. The number of hydrogen-bond acceptors (Lipinski definition) is 5. The summed E-state index contributed by atoms with van der Waals surface area (Å²) in [6.45, 7) is 0. The molecule has 10 heteroatoms. The Morgan fingerprint density at radius 2 is 1.65 bits per heavy atom. The zero-order chi connectivity index (χ0) is 11.6. The van der Waals surface area contributed by atoms with Gasteiger partial charge in [-0.1, -0.05) is 6.07 Å². The fourth-order valence-corrected chi connectivity index (χ4v) is 1.04. The average molecular weight is 280 g/mol. The molecular formula is C7H8N2O6S2. The molecular weight excluding hydrogens is 272 g/mol. The van der Waals surface area contributed by atoms with Crippen molar-refractivity contribution < 1.29 is 19.7 Å². The summed E-state index contributed by atoms with van der Waals surface area (Å²) in [5, 5.41) is 29.5. The van der Waals surface area contributed by atoms with Crippen LogP contribution in [0, 0.1) is 20.2 Å². The van der Waals surface area contributed by atoms with Crippen LogP contribution in [0.1, 0.15) is 10.4 Å². The maximum Gasteiger partial charge on any atom is 0.360 e. The van der Waals surface area contributed by atoms with Gasteiger partial charge in [-0.25, -0.2) is 4.79 Å². The smallest absolute Gasteiger partial charge is 0.360 e. The van der Waals surface area contributed by atoms with E-state index in [0.29, 0.717) is 0 Å². The maximum atomic E-state index is 10.6. The highest BCUT2D eigenvalue weighted by atomic mass is 32.1. The van der Waals surface area contributed by atoms with Crippen molar-refractivity contribution >= 4 is 44.3 Å². The standard InChI is InChI=1S/C7H4N2O6.2H2S/c10-7(11)4-2-1-3-5(8(12)13)6(4)9(14)15;;/h1-3H,(H,10,11);2*1H2. The third-order valence-corrected chi connectivity index (χ3v) is 1.62. The molecule has 0 saturated heterocycles. The van der Waals surface area contributed by atoms with E-state index in [1.807, 2.05) is 0 Å². The fraction of sp³-hybridized carbons (Fsp3) is 0. The predicted octanol–water partition coefficient (Wildman–Crippen LogP) is 1.43. The number of nitrogens with zero attached hydrogens (tertiary/aromatic N) is 2. The Balaban J connectivity index is 0. The number of carboxylic acid groups (broad SMARTS) is 1. The van der Waals surface area contributed by atoms with Crippen LogP contribution in [0.2, 0.25) is 0 Å². The summed E-state index contributed by atoms with van der Waals surface area (Å²) in [5.41, 5.74) is -2.54. The Morgan fingerprint density at radius 3 is 2.00 bits per heavy atom. The van der Waals surface area contributed by atoms with Crippen LogP contribution in [-0.4, -0.2) is 20.9 Å². The number of hydrogen-bond donors (Lipinski definition) is 1. The fourth-order valence-electron chi connectivity index (χ4n) is 1.04. The summed E-state index contributed by atoms with van der Waals surface area (Å²) >= 11 is 0. The third kappa shape index (κ3) is 3.60. The van der Waals surface area contributed by atoms with Crippen molar-refractivity contribution in [2.45, 2.75) is 0 Å². The second-order valence-corrected chi connectivity index (χ2v) is 2.49. The van der Waals surface area contributed by atoms with Crippen molar-refractivity contribution in [2.24, 2.45) is 0 Å². The lowest BCUT2D eigenvalue weighted by Gasteiger charge is -1.97. The Hall–Kier alpha value is -1.81. The van der Waals surface area contributed by atoms with Crippen LogP contribution in [0.3, 0.4) is 0 Å². The summed E-state index contributed by atoms with van der Waals surface area (Å²) in [5.74, 6) is -1.58. The van der Waals surface area contributed by atoms with Gasteiger partial charge in [-0.3, -0.25) is 20.2 Å². The summed E-state index contributed by atoms with van der Waals surface area (Å²) in [6.07, 6.45) is 0. The van der Waals surface area contributed by atoms with E-state index < -0.39 is 32.8 Å². The molecule has 8 nitrogen and oxygen atoms in total. The second-order valence-electron chi connectivity index (χ2n) is 2.49. The van der Waals surface area contributed by atoms with E-state index in [9.17, 15) is 25.0 Å². The normalized spacial score (nSPS) is 8.47. The molecule has 0 aliphatic heterocycles. The lowest BCUT2D eigenvalue weighted by molar-refractivity contribution is -0.422. The quantitative estimate of drug-likeness (QED) is 0.659. The van der Waals surface area contributed by atoms with Crippen LogP contribution < -0.4 is 0 Å². The van der Waals surface area contributed by atoms with E-state index in [0.717, 1.165) is 18.2 Å². The van der Waals surface area contributed by atoms with Gasteiger partial charge in [-0.15, -0.1) is 0 Å². The summed E-state index contributed by atoms with van der Waals surface area (Å²) in [6, 6.07) is 2.90. The van der Waals surface area contributed by atoms with Crippen LogP contribution in [0.15, 0.2) is 18.2 Å². The first kappa shape index (κ1) is 17.6.